The average Bonchev–Trinajstić information content (AvgIpc) is 2.83. The Hall–Kier alpha value is -2.14. The van der Waals surface area contributed by atoms with Crippen LogP contribution in [0, 0.1) is 0 Å². The second-order valence-corrected chi connectivity index (χ2v) is 7.32. The summed E-state index contributed by atoms with van der Waals surface area (Å²) in [5.74, 6) is -0.178. The van der Waals surface area contributed by atoms with Crippen molar-refractivity contribution in [3.63, 3.8) is 0 Å². The van der Waals surface area contributed by atoms with Gasteiger partial charge < -0.3 is 4.57 Å². The Labute approximate surface area is 158 Å². The molecule has 1 aromatic heterocycles. The molecule has 0 N–H and O–H groups in total. The summed E-state index contributed by atoms with van der Waals surface area (Å²) in [6.45, 7) is 0. The number of thiazole rings is 1. The lowest BCUT2D eigenvalue weighted by molar-refractivity contribution is 0.106. The Morgan fingerprint density at radius 3 is 2.48 bits per heavy atom. The van der Waals surface area contributed by atoms with Gasteiger partial charge in [0, 0.05) is 28.7 Å². The van der Waals surface area contributed by atoms with Gasteiger partial charge in [-0.3, -0.25) is 9.59 Å². The summed E-state index contributed by atoms with van der Waals surface area (Å²) in [6, 6.07) is 13.9. The molecule has 0 saturated carbocycles. The topological polar surface area (TPSA) is 39.1 Å². The molecule has 0 saturated heterocycles. The van der Waals surface area contributed by atoms with Crippen molar-refractivity contribution in [3.05, 3.63) is 89.3 Å². The van der Waals surface area contributed by atoms with Crippen LogP contribution in [-0.4, -0.2) is 10.4 Å². The monoisotopic (exact) mass is 389 g/mol. The van der Waals surface area contributed by atoms with E-state index in [0.29, 0.717) is 24.8 Å². The predicted molar refractivity (Wildman–Crippen MR) is 104 cm³/mol. The Morgan fingerprint density at radius 1 is 1.08 bits per heavy atom. The normalized spacial score (nSPS) is 12.6. The number of carbonyl (C=O) groups is 1. The van der Waals surface area contributed by atoms with Crippen molar-refractivity contribution in [3.8, 4) is 0 Å². The van der Waals surface area contributed by atoms with E-state index >= 15 is 0 Å². The molecule has 0 atom stereocenters. The van der Waals surface area contributed by atoms with Crippen LogP contribution in [0.3, 0.4) is 0 Å². The number of nitrogens with zero attached hydrogens (tertiary/aromatic N) is 1. The highest BCUT2D eigenvalue weighted by atomic mass is 35.5. The molecule has 0 bridgehead atoms. The van der Waals surface area contributed by atoms with E-state index in [2.05, 4.69) is 0 Å². The molecule has 1 heterocycles. The molecule has 0 unspecified atom stereocenters. The molecule has 0 radical (unpaired) electrons. The molecule has 0 aliphatic rings. The number of benzene rings is 2. The van der Waals surface area contributed by atoms with E-state index in [4.69, 9.17) is 23.2 Å². The molecule has 3 rings (SSSR count). The Balaban J connectivity index is 2.05. The lowest BCUT2D eigenvalue weighted by atomic mass is 10.1. The minimum absolute atomic E-state index is 0.153. The summed E-state index contributed by atoms with van der Waals surface area (Å²) in [5.41, 5.74) is 1.20. The number of ketones is 1. The van der Waals surface area contributed by atoms with Crippen LogP contribution in [0.5, 0.6) is 0 Å². The summed E-state index contributed by atoms with van der Waals surface area (Å²) in [5, 5.41) is 1.17. The molecule has 6 heteroatoms. The summed E-state index contributed by atoms with van der Waals surface area (Å²) >= 11 is 13.1. The Kier molecular flexibility index (Phi) is 5.23. The third kappa shape index (κ3) is 4.10. The van der Waals surface area contributed by atoms with Gasteiger partial charge in [0.2, 0.25) is 0 Å². The summed E-state index contributed by atoms with van der Waals surface area (Å²) in [4.78, 5) is 24.8. The first-order valence-corrected chi connectivity index (χ1v) is 8.96. The van der Waals surface area contributed by atoms with Gasteiger partial charge in [0.25, 0.3) is 5.56 Å². The van der Waals surface area contributed by atoms with Crippen LogP contribution in [0.4, 0.5) is 0 Å². The third-order valence-corrected chi connectivity index (χ3v) is 5.19. The molecule has 3 aromatic rings. The van der Waals surface area contributed by atoms with Gasteiger partial charge >= 0.3 is 0 Å². The quantitative estimate of drug-likeness (QED) is 0.644. The maximum absolute atomic E-state index is 12.4. The van der Waals surface area contributed by atoms with Crippen molar-refractivity contribution >= 4 is 52.5 Å². The molecule has 0 fully saturated rings. The summed E-state index contributed by atoms with van der Waals surface area (Å²) < 4.78 is 2.59. The van der Waals surface area contributed by atoms with E-state index in [1.165, 1.54) is 22.0 Å². The lowest BCUT2D eigenvalue weighted by Crippen LogP contribution is -2.29. The molecule has 126 valence electrons. The zero-order chi connectivity index (χ0) is 18.0. The first-order chi connectivity index (χ1) is 11.9. The van der Waals surface area contributed by atoms with E-state index in [1.807, 2.05) is 12.1 Å². The molecular formula is C19H13Cl2NO2S. The molecule has 0 spiro atoms. The van der Waals surface area contributed by atoms with Gasteiger partial charge in [0.05, 0.1) is 4.53 Å². The van der Waals surface area contributed by atoms with Gasteiger partial charge in [-0.25, -0.2) is 0 Å². The van der Waals surface area contributed by atoms with Gasteiger partial charge in [0.1, 0.15) is 4.66 Å². The second-order valence-electron chi connectivity index (χ2n) is 5.38. The number of halogens is 2. The van der Waals surface area contributed by atoms with E-state index < -0.39 is 0 Å². The van der Waals surface area contributed by atoms with Crippen molar-refractivity contribution in [2.24, 2.45) is 7.05 Å². The van der Waals surface area contributed by atoms with Crippen molar-refractivity contribution in [1.29, 1.82) is 0 Å². The van der Waals surface area contributed by atoms with E-state index in [1.54, 1.807) is 49.5 Å². The first kappa shape index (κ1) is 17.7. The predicted octanol–water partition coefficient (Wildman–Crippen LogP) is 3.25. The van der Waals surface area contributed by atoms with Crippen LogP contribution in [0.1, 0.15) is 15.9 Å². The zero-order valence-electron chi connectivity index (χ0n) is 13.2. The van der Waals surface area contributed by atoms with Crippen molar-refractivity contribution in [2.75, 3.05) is 0 Å². The average molecular weight is 390 g/mol. The van der Waals surface area contributed by atoms with Crippen LogP contribution < -0.4 is 14.8 Å². The maximum atomic E-state index is 12.4. The molecule has 2 aromatic carbocycles. The fraction of sp³-hybridized carbons (Fsp3) is 0.0526. The lowest BCUT2D eigenvalue weighted by Gasteiger charge is -1.95. The minimum atomic E-state index is -0.178. The standard InChI is InChI=1S/C19H13Cl2NO2S/c1-22-18(11-16(23)13-5-7-14(20)8-6-13)25-17(19(22)24)10-12-3-2-4-15(21)9-12/h2-11H,1H3/b17-10+,18-11-. The number of aromatic nitrogens is 1. The van der Waals surface area contributed by atoms with Gasteiger partial charge in [-0.1, -0.05) is 35.3 Å². The second kappa shape index (κ2) is 7.40. The highest BCUT2D eigenvalue weighted by Gasteiger charge is 2.06. The maximum Gasteiger partial charge on any atom is 0.268 e. The van der Waals surface area contributed by atoms with Crippen LogP contribution >= 0.6 is 34.5 Å². The number of rotatable bonds is 3. The number of Topliss-reactive ketones (excluding diaryl/α,β-unsaturated/α-hetero) is 1. The van der Waals surface area contributed by atoms with Crippen molar-refractivity contribution in [1.82, 2.24) is 4.57 Å². The fourth-order valence-corrected chi connectivity index (χ4v) is 3.62. The van der Waals surface area contributed by atoms with Crippen LogP contribution in [0.15, 0.2) is 53.3 Å². The van der Waals surface area contributed by atoms with Crippen molar-refractivity contribution < 1.29 is 4.79 Å². The van der Waals surface area contributed by atoms with E-state index in [-0.39, 0.29) is 11.3 Å². The van der Waals surface area contributed by atoms with Gasteiger partial charge in [-0.2, -0.15) is 0 Å². The molecule has 3 nitrogen and oxygen atoms in total. The third-order valence-electron chi connectivity index (χ3n) is 3.59. The van der Waals surface area contributed by atoms with Gasteiger partial charge in [-0.15, -0.1) is 11.3 Å². The number of hydrogen-bond donors (Lipinski definition) is 0. The molecular weight excluding hydrogens is 377 g/mol. The van der Waals surface area contributed by atoms with E-state index in [0.717, 1.165) is 5.56 Å². The molecule has 0 aliphatic heterocycles. The van der Waals surface area contributed by atoms with Crippen LogP contribution in [-0.2, 0) is 7.05 Å². The molecule has 0 aliphatic carbocycles. The van der Waals surface area contributed by atoms with Gasteiger partial charge in [-0.05, 0) is 48.0 Å². The van der Waals surface area contributed by atoms with Crippen LogP contribution in [0.25, 0.3) is 12.2 Å². The summed E-state index contributed by atoms with van der Waals surface area (Å²) in [7, 11) is 1.65. The summed E-state index contributed by atoms with van der Waals surface area (Å²) in [6.07, 6.45) is 3.23. The van der Waals surface area contributed by atoms with Crippen molar-refractivity contribution in [2.45, 2.75) is 0 Å². The smallest absolute Gasteiger partial charge is 0.268 e. The van der Waals surface area contributed by atoms with Gasteiger partial charge in [0.15, 0.2) is 5.78 Å². The van der Waals surface area contributed by atoms with Crippen LogP contribution in [0.2, 0.25) is 10.0 Å². The molecule has 25 heavy (non-hydrogen) atoms. The largest absolute Gasteiger partial charge is 0.302 e. The fourth-order valence-electron chi connectivity index (χ4n) is 2.27. The Bertz CT molecular complexity index is 1110. The molecule has 0 amide bonds. The SMILES string of the molecule is Cn1c(=O)/c(=C\c2cccc(Cl)c2)s/c1=C\C(=O)c1ccc(Cl)cc1. The van der Waals surface area contributed by atoms with E-state index in [9.17, 15) is 9.59 Å². The first-order valence-electron chi connectivity index (χ1n) is 7.39. The highest BCUT2D eigenvalue weighted by Crippen LogP contribution is 2.11. The number of carbonyl (C=O) groups excluding carboxylic acids is 1. The highest BCUT2D eigenvalue weighted by molar-refractivity contribution is 7.07. The zero-order valence-corrected chi connectivity index (χ0v) is 15.5. The number of hydrogen-bond acceptors (Lipinski definition) is 3. The Morgan fingerprint density at radius 2 is 1.80 bits per heavy atom. The minimum Gasteiger partial charge on any atom is -0.302 e.